The number of aromatic nitrogens is 2. The molecule has 0 amide bonds. The number of rotatable bonds is 2. The van der Waals surface area contributed by atoms with Gasteiger partial charge in [0.05, 0.1) is 27.8 Å². The Morgan fingerprint density at radius 3 is 1.68 bits per heavy atom. The van der Waals surface area contributed by atoms with Crippen LogP contribution in [0.4, 0.5) is 26.3 Å². The van der Waals surface area contributed by atoms with Crippen LogP contribution in [0, 0.1) is 0 Å². The predicted molar refractivity (Wildman–Crippen MR) is 234 cm³/mol. The van der Waals surface area contributed by atoms with Gasteiger partial charge >= 0.3 is 12.4 Å². The van der Waals surface area contributed by atoms with Crippen molar-refractivity contribution in [2.24, 2.45) is 0 Å². The van der Waals surface area contributed by atoms with Gasteiger partial charge in [-0.3, -0.25) is 0 Å². The summed E-state index contributed by atoms with van der Waals surface area (Å²) < 4.78 is 96.3. The molecule has 1 spiro atoms. The van der Waals surface area contributed by atoms with E-state index >= 15 is 26.3 Å². The van der Waals surface area contributed by atoms with E-state index in [4.69, 9.17) is 0 Å². The molecule has 0 atom stereocenters. The zero-order valence-electron chi connectivity index (χ0n) is 32.3. The summed E-state index contributed by atoms with van der Waals surface area (Å²) in [6.07, 6.45) is -9.56. The Hall–Kier alpha value is -7.26. The summed E-state index contributed by atoms with van der Waals surface area (Å²) in [6.45, 7) is -0.688. The number of alkyl halides is 6. The van der Waals surface area contributed by atoms with Gasteiger partial charge in [0.15, 0.2) is 0 Å². The summed E-state index contributed by atoms with van der Waals surface area (Å²) >= 11 is 0. The quantitative estimate of drug-likeness (QED) is 0.121. The second kappa shape index (κ2) is 11.2. The van der Waals surface area contributed by atoms with Crippen LogP contribution in [0.2, 0.25) is 0 Å². The highest BCUT2D eigenvalue weighted by atomic mass is 19.4. The molecule has 62 heavy (non-hydrogen) atoms. The van der Waals surface area contributed by atoms with Crippen LogP contribution in [-0.4, -0.2) is 15.8 Å². The maximum absolute atomic E-state index is 15.3. The summed E-state index contributed by atoms with van der Waals surface area (Å²) in [5, 5.41) is 1.26. The lowest BCUT2D eigenvalue weighted by atomic mass is 9.33. The van der Waals surface area contributed by atoms with Crippen LogP contribution in [0.1, 0.15) is 33.4 Å². The van der Waals surface area contributed by atoms with Crippen LogP contribution in [0.5, 0.6) is 0 Å². The minimum Gasteiger partial charge on any atom is -0.310 e. The maximum Gasteiger partial charge on any atom is 0.416 e. The first kappa shape index (κ1) is 34.5. The number of halogens is 6. The minimum atomic E-state index is -4.78. The van der Waals surface area contributed by atoms with Gasteiger partial charge in [0, 0.05) is 44.1 Å². The van der Waals surface area contributed by atoms with Crippen molar-refractivity contribution in [3.8, 4) is 44.9 Å². The average molecular weight is 817 g/mol. The van der Waals surface area contributed by atoms with Crippen LogP contribution in [0.3, 0.4) is 0 Å². The van der Waals surface area contributed by atoms with E-state index in [0.717, 1.165) is 95.5 Å². The van der Waals surface area contributed by atoms with Gasteiger partial charge in [0.1, 0.15) is 0 Å². The molecule has 294 valence electrons. The third kappa shape index (κ3) is 3.92. The molecule has 0 unspecified atom stereocenters. The number of hydrogen-bond donors (Lipinski definition) is 0. The Morgan fingerprint density at radius 1 is 0.435 bits per heavy atom. The van der Waals surface area contributed by atoms with E-state index in [1.54, 1.807) is 0 Å². The van der Waals surface area contributed by atoms with Crippen molar-refractivity contribution in [3.05, 3.63) is 197 Å². The fraction of sp³-hybridized carbons (Fsp3) is 0.0566. The molecular weight excluding hydrogens is 789 g/mol. The molecule has 2 aromatic heterocycles. The van der Waals surface area contributed by atoms with Crippen molar-refractivity contribution >= 4 is 55.8 Å². The van der Waals surface area contributed by atoms with Crippen molar-refractivity contribution in [3.63, 3.8) is 0 Å². The van der Waals surface area contributed by atoms with Gasteiger partial charge in [0.2, 0.25) is 0 Å². The molecule has 8 aromatic carbocycles. The first-order valence-corrected chi connectivity index (χ1v) is 20.5. The summed E-state index contributed by atoms with van der Waals surface area (Å²) in [6, 6.07) is 51.0. The van der Waals surface area contributed by atoms with E-state index < -0.39 is 35.6 Å². The van der Waals surface area contributed by atoms with Crippen molar-refractivity contribution in [2.75, 3.05) is 0 Å². The fourth-order valence-corrected chi connectivity index (χ4v) is 12.0. The van der Waals surface area contributed by atoms with Gasteiger partial charge in [0.25, 0.3) is 6.71 Å². The highest BCUT2D eigenvalue weighted by Crippen LogP contribution is 2.62. The summed E-state index contributed by atoms with van der Waals surface area (Å²) in [5.41, 5.74) is 11.2. The Balaban J connectivity index is 1.26. The Morgan fingerprint density at radius 2 is 1.02 bits per heavy atom. The lowest BCUT2D eigenvalue weighted by Crippen LogP contribution is -2.60. The Bertz CT molecular complexity index is 3620. The molecule has 3 aliphatic heterocycles. The van der Waals surface area contributed by atoms with E-state index in [0.29, 0.717) is 22.1 Å². The summed E-state index contributed by atoms with van der Waals surface area (Å²) in [5.74, 6) is 0. The first-order valence-electron chi connectivity index (χ1n) is 20.5. The molecule has 4 aliphatic rings. The second-order valence-corrected chi connectivity index (χ2v) is 16.9. The lowest BCUT2D eigenvalue weighted by molar-refractivity contribution is -0.138. The monoisotopic (exact) mass is 816 g/mol. The highest BCUT2D eigenvalue weighted by Gasteiger charge is 2.55. The van der Waals surface area contributed by atoms with Gasteiger partial charge in [-0.25, -0.2) is 0 Å². The molecule has 10 aromatic rings. The predicted octanol–water partition coefficient (Wildman–Crippen LogP) is 11.9. The molecule has 9 heteroatoms. The summed E-state index contributed by atoms with van der Waals surface area (Å²) in [7, 11) is 0. The molecule has 1 aliphatic carbocycles. The van der Waals surface area contributed by atoms with Crippen molar-refractivity contribution in [1.29, 1.82) is 0 Å². The molecule has 2 nitrogen and oxygen atoms in total. The first-order chi connectivity index (χ1) is 30.1. The van der Waals surface area contributed by atoms with E-state index in [2.05, 4.69) is 47.0 Å². The fourth-order valence-electron chi connectivity index (χ4n) is 12.0. The third-order valence-corrected chi connectivity index (χ3v) is 14.1. The Kier molecular flexibility index (Phi) is 6.20. The number of hydrogen-bond acceptors (Lipinski definition) is 0. The highest BCUT2D eigenvalue weighted by molar-refractivity contribution is 7.00. The van der Waals surface area contributed by atoms with Crippen LogP contribution >= 0.6 is 0 Å². The molecule has 0 saturated carbocycles. The van der Waals surface area contributed by atoms with Gasteiger partial charge in [-0.15, -0.1) is 0 Å². The molecule has 0 bridgehead atoms. The smallest absolute Gasteiger partial charge is 0.310 e. The van der Waals surface area contributed by atoms with E-state index in [1.165, 1.54) is 12.1 Å². The normalized spacial score (nSPS) is 14.7. The van der Waals surface area contributed by atoms with Crippen molar-refractivity contribution in [1.82, 2.24) is 9.13 Å². The van der Waals surface area contributed by atoms with Crippen LogP contribution in [0.25, 0.3) is 77.6 Å². The van der Waals surface area contributed by atoms with E-state index in [1.807, 2.05) is 102 Å². The number of fused-ring (bicyclic) bond motifs is 11. The topological polar surface area (TPSA) is 9.86 Å². The van der Waals surface area contributed by atoms with Gasteiger partial charge < -0.3 is 9.13 Å². The zero-order valence-corrected chi connectivity index (χ0v) is 32.3. The lowest BCUT2D eigenvalue weighted by Gasteiger charge is -2.44. The van der Waals surface area contributed by atoms with E-state index in [-0.39, 0.29) is 10.8 Å². The zero-order chi connectivity index (χ0) is 41.6. The van der Waals surface area contributed by atoms with Crippen LogP contribution < -0.4 is 16.4 Å². The number of para-hydroxylation sites is 1. The molecule has 0 fully saturated rings. The van der Waals surface area contributed by atoms with Gasteiger partial charge in [-0.05, 0) is 85.2 Å². The van der Waals surface area contributed by atoms with Crippen molar-refractivity contribution < 1.29 is 26.3 Å². The van der Waals surface area contributed by atoms with Crippen LogP contribution in [-0.2, 0) is 17.8 Å². The van der Waals surface area contributed by atoms with Gasteiger partial charge in [-0.2, -0.15) is 26.3 Å². The van der Waals surface area contributed by atoms with Crippen LogP contribution in [0.15, 0.2) is 164 Å². The van der Waals surface area contributed by atoms with Gasteiger partial charge in [-0.1, -0.05) is 140 Å². The molecule has 0 N–H and O–H groups in total. The average Bonchev–Trinajstić information content (AvgIpc) is 3.91. The minimum absolute atomic E-state index is 0.148. The number of benzene rings is 8. The van der Waals surface area contributed by atoms with E-state index in [9.17, 15) is 0 Å². The molecule has 14 rings (SSSR count). The molecule has 5 heterocycles. The second-order valence-electron chi connectivity index (χ2n) is 16.9. The SMILES string of the molecule is FC(F)(F)c1cc2c3c(c1)c1cc(C(F)(F)F)cc4c1n3-c1c(ccc3c1B2c1cccc2c(-c5ccccc5)c(-c5ccccc5)n-3c12)C41c2ccccc2-c2ccccc21. The Labute approximate surface area is 350 Å². The summed E-state index contributed by atoms with van der Waals surface area (Å²) in [4.78, 5) is 0. The molecular formula is C53H27BF6N2. The standard InChI is InChI=1S/C53H27BF6N2/c55-52(56,57)30-24-35-36-25-31(53(58,59)60)27-42-49(36)62-47(35)40(26-30)51(37-19-9-7-16-32(37)33-17-8-10-20-38(33)51)39-22-23-43-45(50(39)62)54(42)41-21-11-18-34-44(28-12-3-1-4-13-28)46(61(43)48(34)41)29-14-5-2-6-15-29/h1-27H. The molecule has 0 radical (unpaired) electrons. The molecule has 0 saturated heterocycles. The van der Waals surface area contributed by atoms with Crippen molar-refractivity contribution in [2.45, 2.75) is 17.8 Å². The third-order valence-electron chi connectivity index (χ3n) is 14.1. The number of nitrogens with zero attached hydrogens (tertiary/aromatic N) is 2. The largest absolute Gasteiger partial charge is 0.416 e. The maximum atomic E-state index is 15.3.